The number of furan rings is 1. The van der Waals surface area contributed by atoms with Crippen LogP contribution in [0.15, 0.2) is 27.8 Å². The van der Waals surface area contributed by atoms with Crippen molar-refractivity contribution in [2.75, 3.05) is 20.1 Å². The van der Waals surface area contributed by atoms with Gasteiger partial charge in [0, 0.05) is 26.2 Å². The molecule has 0 spiro atoms. The van der Waals surface area contributed by atoms with Gasteiger partial charge in [-0.1, -0.05) is 13.8 Å². The van der Waals surface area contributed by atoms with Crippen molar-refractivity contribution in [2.24, 2.45) is 10.9 Å². The van der Waals surface area contributed by atoms with Crippen LogP contribution >= 0.6 is 24.0 Å². The fourth-order valence-corrected chi connectivity index (χ4v) is 1.94. The van der Waals surface area contributed by atoms with E-state index in [1.165, 1.54) is 12.7 Å². The highest BCUT2D eigenvalue weighted by Crippen LogP contribution is 2.06. The Labute approximate surface area is 155 Å². The van der Waals surface area contributed by atoms with Crippen LogP contribution in [0.4, 0.5) is 0 Å². The molecular weight excluding hydrogens is 407 g/mol. The molecule has 7 heteroatoms. The summed E-state index contributed by atoms with van der Waals surface area (Å²) in [6.45, 7) is 7.69. The molecule has 1 heterocycles. The summed E-state index contributed by atoms with van der Waals surface area (Å²) in [6.07, 6.45) is 3.77. The lowest BCUT2D eigenvalue weighted by Crippen LogP contribution is -2.44. The molecule has 1 unspecified atom stereocenters. The molecule has 23 heavy (non-hydrogen) atoms. The Bertz CT molecular complexity index is 461. The second kappa shape index (κ2) is 12.2. The zero-order valence-corrected chi connectivity index (χ0v) is 16.7. The third-order valence-electron chi connectivity index (χ3n) is 3.23. The third-order valence-corrected chi connectivity index (χ3v) is 3.23. The van der Waals surface area contributed by atoms with Crippen molar-refractivity contribution in [3.63, 3.8) is 0 Å². The topological polar surface area (TPSA) is 78.7 Å². The largest absolute Gasteiger partial charge is 0.459 e. The van der Waals surface area contributed by atoms with Gasteiger partial charge in [-0.15, -0.1) is 24.0 Å². The zero-order valence-electron chi connectivity index (χ0n) is 14.4. The molecule has 0 saturated heterocycles. The van der Waals surface area contributed by atoms with E-state index in [4.69, 9.17) is 4.42 Å². The molecule has 0 saturated carbocycles. The summed E-state index contributed by atoms with van der Waals surface area (Å²) in [6, 6.07) is 3.70. The molecule has 1 aromatic heterocycles. The zero-order chi connectivity index (χ0) is 16.4. The monoisotopic (exact) mass is 436 g/mol. The van der Waals surface area contributed by atoms with Crippen LogP contribution in [0.5, 0.6) is 0 Å². The molecule has 0 bridgehead atoms. The predicted octanol–water partition coefficient (Wildman–Crippen LogP) is 2.62. The maximum Gasteiger partial charge on any atom is 0.287 e. The first kappa shape index (κ1) is 21.8. The van der Waals surface area contributed by atoms with Gasteiger partial charge in [0.1, 0.15) is 0 Å². The summed E-state index contributed by atoms with van der Waals surface area (Å²) in [4.78, 5) is 15.9. The quantitative estimate of drug-likeness (QED) is 0.253. The fourth-order valence-electron chi connectivity index (χ4n) is 1.94. The number of nitrogens with zero attached hydrogens (tertiary/aromatic N) is 1. The van der Waals surface area contributed by atoms with Gasteiger partial charge >= 0.3 is 0 Å². The fraction of sp³-hybridized carbons (Fsp3) is 0.625. The summed E-state index contributed by atoms with van der Waals surface area (Å²) >= 11 is 0. The number of carbonyl (C=O) groups excluding carboxylic acids is 1. The van der Waals surface area contributed by atoms with Crippen molar-refractivity contribution in [1.82, 2.24) is 16.0 Å². The second-order valence-corrected chi connectivity index (χ2v) is 5.75. The molecule has 3 N–H and O–H groups in total. The van der Waals surface area contributed by atoms with Crippen LogP contribution in [0.25, 0.3) is 0 Å². The van der Waals surface area contributed by atoms with E-state index in [1.807, 2.05) is 0 Å². The minimum absolute atomic E-state index is 0. The average molecular weight is 436 g/mol. The SMILES string of the molecule is CN=C(NCCNC(=O)c1ccco1)NC(C)CCC(C)C.I. The molecule has 0 aliphatic rings. The van der Waals surface area contributed by atoms with Crippen molar-refractivity contribution in [2.45, 2.75) is 39.7 Å². The van der Waals surface area contributed by atoms with Gasteiger partial charge in [0.2, 0.25) is 0 Å². The van der Waals surface area contributed by atoms with Crippen molar-refractivity contribution in [3.8, 4) is 0 Å². The number of hydrogen-bond donors (Lipinski definition) is 3. The van der Waals surface area contributed by atoms with E-state index < -0.39 is 0 Å². The van der Waals surface area contributed by atoms with Crippen LogP contribution in [0, 0.1) is 5.92 Å². The highest BCUT2D eigenvalue weighted by Gasteiger charge is 2.08. The number of halogens is 1. The standard InChI is InChI=1S/C16H28N4O2.HI/c1-12(2)7-8-13(3)20-16(17-4)19-10-9-18-15(21)14-6-5-11-22-14;/h5-6,11-13H,7-10H2,1-4H3,(H,18,21)(H2,17,19,20);1H. The molecule has 1 amide bonds. The van der Waals surface area contributed by atoms with E-state index in [9.17, 15) is 4.79 Å². The predicted molar refractivity (Wildman–Crippen MR) is 104 cm³/mol. The Morgan fingerprint density at radius 2 is 1.91 bits per heavy atom. The van der Waals surface area contributed by atoms with E-state index in [0.29, 0.717) is 30.8 Å². The first-order valence-corrected chi connectivity index (χ1v) is 7.81. The number of amides is 1. The lowest BCUT2D eigenvalue weighted by atomic mass is 10.0. The highest BCUT2D eigenvalue weighted by atomic mass is 127. The van der Waals surface area contributed by atoms with Crippen LogP contribution in [0.2, 0.25) is 0 Å². The molecule has 1 atom stereocenters. The maximum atomic E-state index is 11.7. The number of nitrogens with one attached hydrogen (secondary N) is 3. The minimum atomic E-state index is -0.208. The lowest BCUT2D eigenvalue weighted by molar-refractivity contribution is 0.0926. The first-order valence-electron chi connectivity index (χ1n) is 7.81. The molecule has 1 aromatic rings. The molecule has 0 radical (unpaired) electrons. The number of rotatable bonds is 8. The van der Waals surface area contributed by atoms with Crippen molar-refractivity contribution >= 4 is 35.8 Å². The summed E-state index contributed by atoms with van der Waals surface area (Å²) in [5.41, 5.74) is 0. The van der Waals surface area contributed by atoms with Gasteiger partial charge in [-0.25, -0.2) is 0 Å². The van der Waals surface area contributed by atoms with E-state index in [-0.39, 0.29) is 29.9 Å². The van der Waals surface area contributed by atoms with E-state index in [2.05, 4.69) is 41.7 Å². The van der Waals surface area contributed by atoms with Gasteiger partial charge in [-0.3, -0.25) is 9.79 Å². The summed E-state index contributed by atoms with van der Waals surface area (Å²) in [7, 11) is 1.74. The maximum absolute atomic E-state index is 11.7. The molecule has 132 valence electrons. The Balaban J connectivity index is 0.00000484. The Morgan fingerprint density at radius 3 is 2.48 bits per heavy atom. The van der Waals surface area contributed by atoms with Crippen LogP contribution in [-0.2, 0) is 0 Å². The van der Waals surface area contributed by atoms with Gasteiger partial charge in [0.05, 0.1) is 6.26 Å². The molecule has 0 aliphatic heterocycles. The molecule has 0 aliphatic carbocycles. The van der Waals surface area contributed by atoms with Gasteiger partial charge in [-0.2, -0.15) is 0 Å². The lowest BCUT2D eigenvalue weighted by Gasteiger charge is -2.18. The van der Waals surface area contributed by atoms with Crippen molar-refractivity contribution < 1.29 is 9.21 Å². The highest BCUT2D eigenvalue weighted by molar-refractivity contribution is 14.0. The van der Waals surface area contributed by atoms with Gasteiger partial charge < -0.3 is 20.4 Å². The smallest absolute Gasteiger partial charge is 0.287 e. The summed E-state index contributed by atoms with van der Waals surface area (Å²) in [5, 5.41) is 9.31. The first-order chi connectivity index (χ1) is 10.5. The number of guanidine groups is 1. The number of aliphatic imine (C=N–C) groups is 1. The minimum Gasteiger partial charge on any atom is -0.459 e. The summed E-state index contributed by atoms with van der Waals surface area (Å²) in [5.74, 6) is 1.57. The number of hydrogen-bond acceptors (Lipinski definition) is 3. The van der Waals surface area contributed by atoms with Crippen LogP contribution in [0.1, 0.15) is 44.2 Å². The van der Waals surface area contributed by atoms with Crippen molar-refractivity contribution in [3.05, 3.63) is 24.2 Å². The van der Waals surface area contributed by atoms with Crippen LogP contribution < -0.4 is 16.0 Å². The Morgan fingerprint density at radius 1 is 1.22 bits per heavy atom. The van der Waals surface area contributed by atoms with E-state index in [1.54, 1.807) is 19.2 Å². The normalized spacial score (nSPS) is 12.5. The second-order valence-electron chi connectivity index (χ2n) is 5.75. The van der Waals surface area contributed by atoms with Crippen LogP contribution in [-0.4, -0.2) is 38.0 Å². The Kier molecular flexibility index (Phi) is 11.5. The van der Waals surface area contributed by atoms with Crippen LogP contribution in [0.3, 0.4) is 0 Å². The Hall–Kier alpha value is -1.25. The van der Waals surface area contributed by atoms with Gasteiger partial charge in [-0.05, 0) is 37.8 Å². The van der Waals surface area contributed by atoms with Gasteiger partial charge in [0.25, 0.3) is 5.91 Å². The molecule has 0 fully saturated rings. The summed E-state index contributed by atoms with van der Waals surface area (Å²) < 4.78 is 5.02. The average Bonchev–Trinajstić information content (AvgIpc) is 3.02. The molecule has 1 rings (SSSR count). The van der Waals surface area contributed by atoms with Gasteiger partial charge in [0.15, 0.2) is 11.7 Å². The van der Waals surface area contributed by atoms with E-state index in [0.717, 1.165) is 12.4 Å². The third kappa shape index (κ3) is 9.47. The molecular formula is C16H29IN4O2. The van der Waals surface area contributed by atoms with Crippen molar-refractivity contribution in [1.29, 1.82) is 0 Å². The molecule has 6 nitrogen and oxygen atoms in total. The molecule has 0 aromatic carbocycles. The van der Waals surface area contributed by atoms with E-state index >= 15 is 0 Å². The number of carbonyl (C=O) groups is 1.